The zero-order chi connectivity index (χ0) is 9.84. The molecule has 0 radical (unpaired) electrons. The van der Waals surface area contributed by atoms with E-state index in [0.29, 0.717) is 5.56 Å². The van der Waals surface area contributed by atoms with Gasteiger partial charge in [-0.15, -0.1) is 0 Å². The number of hydrogen-bond acceptors (Lipinski definition) is 2. The molecular weight excluding hydrogens is 164 g/mol. The van der Waals surface area contributed by atoms with Gasteiger partial charge in [0.25, 0.3) is 0 Å². The molecule has 13 heavy (non-hydrogen) atoms. The van der Waals surface area contributed by atoms with Crippen molar-refractivity contribution in [2.24, 2.45) is 0 Å². The van der Waals surface area contributed by atoms with Crippen molar-refractivity contribution in [3.8, 4) is 0 Å². The van der Waals surface area contributed by atoms with E-state index in [1.54, 1.807) is 13.0 Å². The van der Waals surface area contributed by atoms with Crippen LogP contribution in [0.1, 0.15) is 34.3 Å². The fraction of sp³-hybridized carbons (Fsp3) is 0.273. The summed E-state index contributed by atoms with van der Waals surface area (Å²) in [7, 11) is 0. The Kier molecular flexibility index (Phi) is 2.96. The first-order chi connectivity index (χ1) is 6.19. The molecule has 0 aromatic heterocycles. The van der Waals surface area contributed by atoms with E-state index in [9.17, 15) is 9.59 Å². The van der Waals surface area contributed by atoms with Crippen LogP contribution < -0.4 is 0 Å². The highest BCUT2D eigenvalue weighted by Crippen LogP contribution is 2.17. The van der Waals surface area contributed by atoms with E-state index in [-0.39, 0.29) is 5.92 Å². The van der Waals surface area contributed by atoms with E-state index in [1.807, 2.05) is 19.1 Å². The number of benzene rings is 1. The molecule has 1 unspecified atom stereocenters. The first kappa shape index (κ1) is 9.65. The van der Waals surface area contributed by atoms with Crippen molar-refractivity contribution < 1.29 is 9.59 Å². The van der Waals surface area contributed by atoms with Crippen molar-refractivity contribution in [3.05, 3.63) is 34.9 Å². The number of carbonyl (C=O) groups excluding carboxylic acids is 2. The predicted octanol–water partition coefficient (Wildman–Crippen LogP) is 2.11. The molecule has 1 aromatic rings. The minimum Gasteiger partial charge on any atom is -0.303 e. The van der Waals surface area contributed by atoms with Crippen molar-refractivity contribution >= 4 is 12.6 Å². The Hall–Kier alpha value is -1.44. The summed E-state index contributed by atoms with van der Waals surface area (Å²) in [4.78, 5) is 21.2. The van der Waals surface area contributed by atoms with Crippen molar-refractivity contribution in [2.45, 2.75) is 19.8 Å². The Morgan fingerprint density at radius 1 is 1.31 bits per heavy atom. The van der Waals surface area contributed by atoms with E-state index in [1.165, 1.54) is 0 Å². The van der Waals surface area contributed by atoms with Crippen LogP contribution in [0.3, 0.4) is 0 Å². The summed E-state index contributed by atoms with van der Waals surface area (Å²) in [5.74, 6) is -0.208. The average molecular weight is 176 g/mol. The molecule has 0 saturated heterocycles. The first-order valence-corrected chi connectivity index (χ1v) is 4.20. The highest BCUT2D eigenvalue weighted by molar-refractivity contribution is 5.80. The summed E-state index contributed by atoms with van der Waals surface area (Å²) >= 11 is 0. The number of rotatable bonds is 3. The van der Waals surface area contributed by atoms with Gasteiger partial charge in [-0.1, -0.05) is 24.6 Å². The molecule has 0 aliphatic rings. The molecule has 0 bridgehead atoms. The zero-order valence-corrected chi connectivity index (χ0v) is 7.78. The third kappa shape index (κ3) is 2.02. The average Bonchev–Trinajstić information content (AvgIpc) is 2.16. The van der Waals surface area contributed by atoms with Gasteiger partial charge in [-0.2, -0.15) is 0 Å². The molecule has 0 heterocycles. The van der Waals surface area contributed by atoms with Crippen LogP contribution in [0.25, 0.3) is 0 Å². The zero-order valence-electron chi connectivity index (χ0n) is 7.78. The van der Waals surface area contributed by atoms with Gasteiger partial charge in [0.2, 0.25) is 0 Å². The Bertz CT molecular complexity index is 329. The number of hydrogen-bond donors (Lipinski definition) is 0. The van der Waals surface area contributed by atoms with E-state index >= 15 is 0 Å². The van der Waals surface area contributed by atoms with Crippen LogP contribution in [0.2, 0.25) is 0 Å². The highest BCUT2D eigenvalue weighted by Gasteiger charge is 2.08. The normalized spacial score (nSPS) is 12.2. The van der Waals surface area contributed by atoms with Gasteiger partial charge in [0.1, 0.15) is 12.6 Å². The second-order valence-electron chi connectivity index (χ2n) is 3.17. The molecule has 1 rings (SSSR count). The Morgan fingerprint density at radius 3 is 2.54 bits per heavy atom. The molecule has 0 fully saturated rings. The summed E-state index contributed by atoms with van der Waals surface area (Å²) in [6, 6.07) is 5.53. The van der Waals surface area contributed by atoms with Crippen LogP contribution in [0.15, 0.2) is 18.2 Å². The molecular formula is C11H12O2. The summed E-state index contributed by atoms with van der Waals surface area (Å²) in [5, 5.41) is 0. The molecule has 68 valence electrons. The van der Waals surface area contributed by atoms with E-state index in [4.69, 9.17) is 0 Å². The third-order valence-electron chi connectivity index (χ3n) is 2.06. The minimum atomic E-state index is -0.208. The summed E-state index contributed by atoms with van der Waals surface area (Å²) in [5.41, 5.74) is 2.44. The van der Waals surface area contributed by atoms with Crippen molar-refractivity contribution in [1.29, 1.82) is 0 Å². The third-order valence-corrected chi connectivity index (χ3v) is 2.06. The van der Waals surface area contributed by atoms with E-state index in [0.717, 1.165) is 23.7 Å². The lowest BCUT2D eigenvalue weighted by atomic mass is 9.96. The maximum Gasteiger partial charge on any atom is 0.150 e. The second-order valence-corrected chi connectivity index (χ2v) is 3.17. The Labute approximate surface area is 77.6 Å². The van der Waals surface area contributed by atoms with Gasteiger partial charge in [0.05, 0.1) is 0 Å². The Balaban J connectivity index is 3.20. The van der Waals surface area contributed by atoms with Crippen LogP contribution in [0.5, 0.6) is 0 Å². The fourth-order valence-electron chi connectivity index (χ4n) is 1.28. The van der Waals surface area contributed by atoms with Crippen molar-refractivity contribution in [3.63, 3.8) is 0 Å². The lowest BCUT2D eigenvalue weighted by Gasteiger charge is -2.07. The van der Waals surface area contributed by atoms with Crippen molar-refractivity contribution in [1.82, 2.24) is 0 Å². The molecule has 0 saturated carbocycles. The van der Waals surface area contributed by atoms with Crippen LogP contribution in [-0.2, 0) is 4.79 Å². The molecule has 0 N–H and O–H groups in total. The molecule has 1 atom stereocenters. The minimum absolute atomic E-state index is 0.208. The maximum atomic E-state index is 10.7. The van der Waals surface area contributed by atoms with Gasteiger partial charge in [0.15, 0.2) is 0 Å². The molecule has 0 amide bonds. The molecule has 0 spiro atoms. The Morgan fingerprint density at radius 2 is 2.00 bits per heavy atom. The summed E-state index contributed by atoms with van der Waals surface area (Å²) in [6.45, 7) is 3.70. The SMILES string of the molecule is Cc1ccc(C(C)C=O)c(C=O)c1. The van der Waals surface area contributed by atoms with Gasteiger partial charge in [0, 0.05) is 11.5 Å². The van der Waals surface area contributed by atoms with Gasteiger partial charge >= 0.3 is 0 Å². The van der Waals surface area contributed by atoms with Crippen LogP contribution >= 0.6 is 0 Å². The molecule has 1 aromatic carbocycles. The van der Waals surface area contributed by atoms with Gasteiger partial charge < -0.3 is 4.79 Å². The predicted molar refractivity (Wildman–Crippen MR) is 51.0 cm³/mol. The number of aryl methyl sites for hydroxylation is 1. The lowest BCUT2D eigenvalue weighted by molar-refractivity contribution is -0.108. The number of carbonyl (C=O) groups is 2. The van der Waals surface area contributed by atoms with Crippen LogP contribution in [-0.4, -0.2) is 12.6 Å². The molecule has 2 nitrogen and oxygen atoms in total. The summed E-state index contributed by atoms with van der Waals surface area (Å²) in [6.07, 6.45) is 1.64. The quantitative estimate of drug-likeness (QED) is 0.661. The topological polar surface area (TPSA) is 34.1 Å². The van der Waals surface area contributed by atoms with Gasteiger partial charge in [-0.25, -0.2) is 0 Å². The lowest BCUT2D eigenvalue weighted by Crippen LogP contribution is -1.99. The monoisotopic (exact) mass is 176 g/mol. The molecule has 0 aliphatic heterocycles. The van der Waals surface area contributed by atoms with E-state index in [2.05, 4.69) is 0 Å². The highest BCUT2D eigenvalue weighted by atomic mass is 16.1. The molecule has 0 aliphatic carbocycles. The summed E-state index contributed by atoms with van der Waals surface area (Å²) < 4.78 is 0. The molecule has 2 heteroatoms. The number of aldehydes is 2. The van der Waals surface area contributed by atoms with Gasteiger partial charge in [-0.05, 0) is 18.6 Å². The van der Waals surface area contributed by atoms with Crippen molar-refractivity contribution in [2.75, 3.05) is 0 Å². The van der Waals surface area contributed by atoms with Gasteiger partial charge in [-0.3, -0.25) is 4.79 Å². The second kappa shape index (κ2) is 3.99. The van der Waals surface area contributed by atoms with E-state index < -0.39 is 0 Å². The smallest absolute Gasteiger partial charge is 0.150 e. The standard InChI is InChI=1S/C11H12O2/c1-8-3-4-11(9(2)6-12)10(5-8)7-13/h3-7,9H,1-2H3. The largest absolute Gasteiger partial charge is 0.303 e. The first-order valence-electron chi connectivity index (χ1n) is 4.20. The van der Waals surface area contributed by atoms with Crippen LogP contribution in [0, 0.1) is 6.92 Å². The maximum absolute atomic E-state index is 10.7. The van der Waals surface area contributed by atoms with Crippen LogP contribution in [0.4, 0.5) is 0 Å². The fourth-order valence-corrected chi connectivity index (χ4v) is 1.28.